The van der Waals surface area contributed by atoms with Gasteiger partial charge >= 0.3 is 0 Å². The fourth-order valence-electron chi connectivity index (χ4n) is 5.32. The summed E-state index contributed by atoms with van der Waals surface area (Å²) >= 11 is 0. The van der Waals surface area contributed by atoms with Crippen LogP contribution < -0.4 is 15.1 Å². The van der Waals surface area contributed by atoms with E-state index in [0.29, 0.717) is 61.3 Å². The van der Waals surface area contributed by atoms with E-state index >= 15 is 0 Å². The molecular weight excluding hydrogens is 537 g/mol. The Balaban J connectivity index is 1.49. The van der Waals surface area contributed by atoms with Gasteiger partial charge in [-0.05, 0) is 43.9 Å². The van der Waals surface area contributed by atoms with Crippen LogP contribution in [0.15, 0.2) is 36.5 Å². The Labute approximate surface area is 236 Å². The molecule has 1 aromatic heterocycles. The lowest BCUT2D eigenvalue weighted by Gasteiger charge is -2.40. The Morgan fingerprint density at radius 3 is 2.49 bits per heavy atom. The lowest BCUT2D eigenvalue weighted by Crippen LogP contribution is -2.48. The Morgan fingerprint density at radius 1 is 1.20 bits per heavy atom. The number of carbonyl (C=O) groups is 1. The second-order valence-electron chi connectivity index (χ2n) is 10.4. The number of fused-ring (bicyclic) bond motifs is 1. The topological polar surface area (TPSA) is 98.2 Å². The number of hydroxylamine groups is 1. The van der Waals surface area contributed by atoms with E-state index in [1.807, 2.05) is 36.0 Å². The fraction of sp³-hybridized carbons (Fsp3) is 0.400. The van der Waals surface area contributed by atoms with Gasteiger partial charge < -0.3 is 14.7 Å². The molecule has 2 aromatic carbocycles. The zero-order valence-electron chi connectivity index (χ0n) is 23.2. The summed E-state index contributed by atoms with van der Waals surface area (Å²) in [5.41, 5.74) is 2.47. The van der Waals surface area contributed by atoms with Gasteiger partial charge in [0.1, 0.15) is 23.2 Å². The number of halogens is 3. The number of ether oxygens (including phenoxy) is 1. The number of hydrogen-bond donors (Lipinski definition) is 3. The number of nitrogens with one attached hydrogen (secondary N) is 1. The van der Waals surface area contributed by atoms with Crippen molar-refractivity contribution in [3.8, 4) is 17.6 Å². The Bertz CT molecular complexity index is 1460. The van der Waals surface area contributed by atoms with Crippen molar-refractivity contribution >= 4 is 22.5 Å². The third-order valence-corrected chi connectivity index (χ3v) is 7.73. The lowest BCUT2D eigenvalue weighted by atomic mass is 9.73. The number of aromatic nitrogens is 1. The van der Waals surface area contributed by atoms with Gasteiger partial charge in [0.25, 0.3) is 0 Å². The molecule has 0 radical (unpaired) electrons. The predicted molar refractivity (Wildman–Crippen MR) is 148 cm³/mol. The number of aliphatic hydroxyl groups is 1. The van der Waals surface area contributed by atoms with Crippen molar-refractivity contribution in [3.63, 3.8) is 0 Å². The van der Waals surface area contributed by atoms with E-state index in [4.69, 9.17) is 4.74 Å². The highest BCUT2D eigenvalue weighted by atomic mass is 19.1. The highest BCUT2D eigenvalue weighted by Gasteiger charge is 2.41. The molecule has 11 heteroatoms. The first kappa shape index (κ1) is 30.1. The first-order valence-corrected chi connectivity index (χ1v) is 13.2. The Kier molecular flexibility index (Phi) is 9.38. The molecule has 0 saturated carbocycles. The fourth-order valence-corrected chi connectivity index (χ4v) is 5.32. The SMILES string of the molecule is COc1ccc2ncc(N(C)C)c(C(O)CCC3(C(=O)NO)CCN(CC#Cc4c(F)cc(F)cc4F)CC3)c2c1. The highest BCUT2D eigenvalue weighted by Crippen LogP contribution is 2.41. The Morgan fingerprint density at radius 2 is 1.88 bits per heavy atom. The smallest absolute Gasteiger partial charge is 0.249 e. The minimum atomic E-state index is -1.07. The average molecular weight is 571 g/mol. The number of nitrogens with zero attached hydrogens (tertiary/aromatic N) is 3. The number of aliphatic hydroxyl groups excluding tert-OH is 1. The molecule has 41 heavy (non-hydrogen) atoms. The first-order valence-electron chi connectivity index (χ1n) is 13.2. The molecule has 0 spiro atoms. The maximum Gasteiger partial charge on any atom is 0.249 e. The van der Waals surface area contributed by atoms with Crippen LogP contribution in [0.25, 0.3) is 10.9 Å². The third-order valence-electron chi connectivity index (χ3n) is 7.73. The zero-order chi connectivity index (χ0) is 29.7. The van der Waals surface area contributed by atoms with Gasteiger partial charge in [0.15, 0.2) is 0 Å². The van der Waals surface area contributed by atoms with Gasteiger partial charge in [0.2, 0.25) is 5.91 Å². The van der Waals surface area contributed by atoms with Gasteiger partial charge in [0, 0.05) is 50.3 Å². The van der Waals surface area contributed by atoms with Crippen LogP contribution in [-0.2, 0) is 4.79 Å². The number of methoxy groups -OCH3 is 1. The number of anilines is 1. The molecule has 3 N–H and O–H groups in total. The van der Waals surface area contributed by atoms with E-state index in [1.165, 1.54) is 0 Å². The number of likely N-dealkylation sites (tertiary alicyclic amines) is 1. The number of carbonyl (C=O) groups excluding carboxylic acids is 1. The third kappa shape index (κ3) is 6.56. The van der Waals surface area contributed by atoms with E-state index < -0.39 is 40.4 Å². The summed E-state index contributed by atoms with van der Waals surface area (Å²) in [6.07, 6.45) is 2.06. The summed E-state index contributed by atoms with van der Waals surface area (Å²) in [7, 11) is 5.28. The van der Waals surface area contributed by atoms with Crippen molar-refractivity contribution < 1.29 is 33.0 Å². The molecule has 3 aromatic rings. The maximum atomic E-state index is 13.9. The average Bonchev–Trinajstić information content (AvgIpc) is 2.96. The molecule has 8 nitrogen and oxygen atoms in total. The van der Waals surface area contributed by atoms with Crippen LogP contribution in [-0.4, -0.2) is 66.9 Å². The van der Waals surface area contributed by atoms with Crippen LogP contribution in [0, 0.1) is 34.7 Å². The molecule has 1 unspecified atom stereocenters. The first-order chi connectivity index (χ1) is 19.6. The second-order valence-corrected chi connectivity index (χ2v) is 10.4. The van der Waals surface area contributed by atoms with Gasteiger partial charge in [-0.3, -0.25) is 19.9 Å². The van der Waals surface area contributed by atoms with Gasteiger partial charge in [-0.1, -0.05) is 11.8 Å². The molecular formula is C30H33F3N4O4. The van der Waals surface area contributed by atoms with E-state index in [-0.39, 0.29) is 13.0 Å². The quantitative estimate of drug-likeness (QED) is 0.212. The minimum absolute atomic E-state index is 0.187. The molecule has 1 aliphatic heterocycles. The predicted octanol–water partition coefficient (Wildman–Crippen LogP) is 4.18. The summed E-state index contributed by atoms with van der Waals surface area (Å²) in [6, 6.07) is 6.61. The molecule has 0 aliphatic carbocycles. The van der Waals surface area contributed by atoms with Crippen LogP contribution >= 0.6 is 0 Å². The molecule has 4 rings (SSSR count). The van der Waals surface area contributed by atoms with Crippen LogP contribution in [0.4, 0.5) is 18.9 Å². The molecule has 1 fully saturated rings. The van der Waals surface area contributed by atoms with Crippen LogP contribution in [0.1, 0.15) is 42.9 Å². The van der Waals surface area contributed by atoms with Crippen molar-refractivity contribution in [2.75, 3.05) is 45.7 Å². The lowest BCUT2D eigenvalue weighted by molar-refractivity contribution is -0.143. The van der Waals surface area contributed by atoms with Crippen molar-refractivity contribution in [3.05, 3.63) is 65.1 Å². The van der Waals surface area contributed by atoms with Crippen molar-refractivity contribution in [2.45, 2.75) is 31.8 Å². The monoisotopic (exact) mass is 570 g/mol. The van der Waals surface area contributed by atoms with E-state index in [1.54, 1.807) is 24.9 Å². The molecule has 1 aliphatic rings. The minimum Gasteiger partial charge on any atom is -0.497 e. The number of amides is 1. The van der Waals surface area contributed by atoms with Crippen molar-refractivity contribution in [1.29, 1.82) is 0 Å². The van der Waals surface area contributed by atoms with Crippen molar-refractivity contribution in [2.24, 2.45) is 5.41 Å². The zero-order valence-corrected chi connectivity index (χ0v) is 23.2. The summed E-state index contributed by atoms with van der Waals surface area (Å²) in [5, 5.41) is 21.7. The maximum absolute atomic E-state index is 13.9. The Hall–Kier alpha value is -3.85. The molecule has 1 atom stereocenters. The van der Waals surface area contributed by atoms with E-state index in [2.05, 4.69) is 16.8 Å². The summed E-state index contributed by atoms with van der Waals surface area (Å²) in [6.45, 7) is 1.06. The molecule has 1 amide bonds. The van der Waals surface area contributed by atoms with Gasteiger partial charge in [-0.2, -0.15) is 0 Å². The normalized spacial score (nSPS) is 15.6. The van der Waals surface area contributed by atoms with E-state index in [0.717, 1.165) is 11.1 Å². The van der Waals surface area contributed by atoms with Gasteiger partial charge in [0.05, 0.1) is 48.1 Å². The standard InChI is InChI=1S/C30H33F3N4O4/c1-36(2)26-18-34-25-7-6-20(41-3)17-22(25)28(26)27(38)8-9-30(29(39)35-40)10-13-37(14-11-30)12-4-5-21-23(32)15-19(31)16-24(21)33/h6-7,15-18,27,38,40H,8-14H2,1-3H3,(H,35,39). The summed E-state index contributed by atoms with van der Waals surface area (Å²) in [5.74, 6) is 2.10. The number of piperidine rings is 1. The second kappa shape index (κ2) is 12.8. The van der Waals surface area contributed by atoms with Crippen LogP contribution in [0.5, 0.6) is 5.75 Å². The largest absolute Gasteiger partial charge is 0.497 e. The number of hydrogen-bond acceptors (Lipinski definition) is 7. The molecule has 0 bridgehead atoms. The summed E-state index contributed by atoms with van der Waals surface area (Å²) in [4.78, 5) is 21.2. The van der Waals surface area contributed by atoms with Gasteiger partial charge in [-0.25, -0.2) is 18.7 Å². The number of benzene rings is 2. The van der Waals surface area contributed by atoms with Crippen LogP contribution in [0.2, 0.25) is 0 Å². The summed E-state index contributed by atoms with van der Waals surface area (Å²) < 4.78 is 46.3. The van der Waals surface area contributed by atoms with Crippen LogP contribution in [0.3, 0.4) is 0 Å². The highest BCUT2D eigenvalue weighted by molar-refractivity contribution is 5.88. The van der Waals surface area contributed by atoms with Crippen molar-refractivity contribution in [1.82, 2.24) is 15.4 Å². The molecule has 1 saturated heterocycles. The van der Waals surface area contributed by atoms with Gasteiger partial charge in [-0.15, -0.1) is 0 Å². The number of rotatable bonds is 8. The number of pyridine rings is 1. The molecule has 2 heterocycles. The van der Waals surface area contributed by atoms with E-state index in [9.17, 15) is 28.3 Å². The molecule has 218 valence electrons.